The fraction of sp³-hybridized carbons (Fsp3) is 0.250. The maximum atomic E-state index is 13.6. The molecule has 0 amide bonds. The van der Waals surface area contributed by atoms with Gasteiger partial charge in [-0.15, -0.1) is 0 Å². The maximum absolute atomic E-state index is 13.6. The van der Waals surface area contributed by atoms with Crippen LogP contribution in [0, 0.1) is 18.3 Å². The lowest BCUT2D eigenvalue weighted by Crippen LogP contribution is -2.37. The Bertz CT molecular complexity index is 1520. The van der Waals surface area contributed by atoms with Crippen molar-refractivity contribution < 1.29 is 19.1 Å². The molecule has 184 valence electrons. The van der Waals surface area contributed by atoms with Gasteiger partial charge in [0.2, 0.25) is 0 Å². The monoisotopic (exact) mass is 489 g/mol. The molecule has 3 aromatic carbocycles. The summed E-state index contributed by atoms with van der Waals surface area (Å²) in [6.07, 6.45) is 1.11. The van der Waals surface area contributed by atoms with Crippen molar-refractivity contribution in [1.82, 2.24) is 0 Å². The van der Waals surface area contributed by atoms with Crippen molar-refractivity contribution in [2.24, 2.45) is 16.3 Å². The second-order valence-corrected chi connectivity index (χ2v) is 11.0. The zero-order valence-electron chi connectivity index (χ0n) is 21.1. The van der Waals surface area contributed by atoms with Gasteiger partial charge in [-0.05, 0) is 48.6 Å². The van der Waals surface area contributed by atoms with Crippen LogP contribution in [0.15, 0.2) is 89.1 Å². The highest BCUT2D eigenvalue weighted by molar-refractivity contribution is 6.30. The molecule has 37 heavy (non-hydrogen) atoms. The first kappa shape index (κ1) is 23.3. The average Bonchev–Trinajstić information content (AvgIpc) is 3.15. The summed E-state index contributed by atoms with van der Waals surface area (Å²) in [5.41, 5.74) is 5.90. The molecule has 1 heterocycles. The van der Waals surface area contributed by atoms with Gasteiger partial charge >= 0.3 is 5.97 Å². The van der Waals surface area contributed by atoms with Crippen LogP contribution >= 0.6 is 0 Å². The lowest BCUT2D eigenvalue weighted by atomic mass is 9.66. The van der Waals surface area contributed by atoms with Crippen molar-refractivity contribution in [3.05, 3.63) is 112 Å². The van der Waals surface area contributed by atoms with Gasteiger partial charge in [0.25, 0.3) is 0 Å². The number of benzene rings is 3. The summed E-state index contributed by atoms with van der Waals surface area (Å²) in [5, 5.41) is 0. The molecule has 0 bridgehead atoms. The zero-order valence-corrected chi connectivity index (χ0v) is 21.1. The maximum Gasteiger partial charge on any atom is 0.343 e. The standard InChI is InChI=1S/C32H27NO4/c1-18-8-10-20(11-9-18)31(36)37-21-14-12-19(13-15-21)26-27-24(16-32(2,3)17-25(27)34)33-29-22-6-4-5-7-23(22)30(35)28(26)29/h4-15,26,28H,16-17H2,1-3H3/t26-,28+/m0/s1. The molecule has 3 aliphatic rings. The Hall–Kier alpha value is -4.12. The molecule has 0 unspecified atom stereocenters. The minimum atomic E-state index is -0.540. The van der Waals surface area contributed by atoms with Crippen LogP contribution in [0.1, 0.15) is 70.0 Å². The number of rotatable bonds is 3. The van der Waals surface area contributed by atoms with E-state index >= 15 is 0 Å². The van der Waals surface area contributed by atoms with Crippen LogP contribution in [0.2, 0.25) is 0 Å². The lowest BCUT2D eigenvalue weighted by molar-refractivity contribution is -0.118. The molecular formula is C32H27NO4. The second-order valence-electron chi connectivity index (χ2n) is 11.0. The Morgan fingerprint density at radius 2 is 1.54 bits per heavy atom. The molecule has 6 rings (SSSR count). The zero-order chi connectivity index (χ0) is 25.9. The van der Waals surface area contributed by atoms with Gasteiger partial charge in [-0.25, -0.2) is 4.79 Å². The van der Waals surface area contributed by atoms with E-state index < -0.39 is 17.8 Å². The van der Waals surface area contributed by atoms with Gasteiger partial charge in [-0.3, -0.25) is 14.6 Å². The molecule has 1 aliphatic heterocycles. The number of fused-ring (bicyclic) bond motifs is 3. The number of carbonyl (C=O) groups is 3. The first-order valence-corrected chi connectivity index (χ1v) is 12.6. The number of hydrogen-bond acceptors (Lipinski definition) is 5. The third kappa shape index (κ3) is 3.95. The number of aliphatic imine (C=N–C) groups is 1. The Kier molecular flexibility index (Phi) is 5.34. The summed E-state index contributed by atoms with van der Waals surface area (Å²) < 4.78 is 5.59. The van der Waals surface area contributed by atoms with Crippen molar-refractivity contribution in [1.29, 1.82) is 0 Å². The molecule has 2 atom stereocenters. The number of ketones is 2. The highest BCUT2D eigenvalue weighted by Crippen LogP contribution is 2.51. The minimum Gasteiger partial charge on any atom is -0.423 e. The largest absolute Gasteiger partial charge is 0.423 e. The van der Waals surface area contributed by atoms with E-state index in [1.165, 1.54) is 0 Å². The quantitative estimate of drug-likeness (QED) is 0.322. The Morgan fingerprint density at radius 3 is 2.24 bits per heavy atom. The van der Waals surface area contributed by atoms with E-state index in [0.717, 1.165) is 28.1 Å². The highest BCUT2D eigenvalue weighted by Gasteiger charge is 2.50. The molecule has 0 radical (unpaired) electrons. The normalized spacial score (nSPS) is 21.6. The Balaban J connectivity index is 1.38. The minimum absolute atomic E-state index is 0.00147. The third-order valence-electron chi connectivity index (χ3n) is 7.58. The van der Waals surface area contributed by atoms with Crippen LogP contribution in [-0.2, 0) is 4.79 Å². The van der Waals surface area contributed by atoms with Crippen molar-refractivity contribution in [2.45, 2.75) is 39.5 Å². The Morgan fingerprint density at radius 1 is 0.865 bits per heavy atom. The van der Waals surface area contributed by atoms with Crippen molar-refractivity contribution in [3.63, 3.8) is 0 Å². The van der Waals surface area contributed by atoms with Crippen LogP contribution in [0.25, 0.3) is 0 Å². The number of esters is 1. The average molecular weight is 490 g/mol. The van der Waals surface area contributed by atoms with Gasteiger partial charge in [0.15, 0.2) is 11.6 Å². The van der Waals surface area contributed by atoms with E-state index in [4.69, 9.17) is 9.73 Å². The highest BCUT2D eigenvalue weighted by atomic mass is 16.5. The number of Topliss-reactive ketones (excluding diaryl/α,β-unsaturated/α-hetero) is 2. The molecule has 0 N–H and O–H groups in total. The number of carbonyl (C=O) groups excluding carboxylic acids is 3. The van der Waals surface area contributed by atoms with E-state index in [9.17, 15) is 14.4 Å². The van der Waals surface area contributed by atoms with Crippen LogP contribution in [-0.4, -0.2) is 23.2 Å². The van der Waals surface area contributed by atoms with Crippen molar-refractivity contribution in [3.8, 4) is 5.75 Å². The first-order chi connectivity index (χ1) is 17.7. The van der Waals surface area contributed by atoms with E-state index in [2.05, 4.69) is 13.8 Å². The topological polar surface area (TPSA) is 72.8 Å². The van der Waals surface area contributed by atoms with Crippen LogP contribution < -0.4 is 4.74 Å². The summed E-state index contributed by atoms with van der Waals surface area (Å²) in [7, 11) is 0. The van der Waals surface area contributed by atoms with Gasteiger partial charge in [0, 0.05) is 34.7 Å². The number of allylic oxidation sites excluding steroid dienone is 2. The molecular weight excluding hydrogens is 462 g/mol. The summed E-state index contributed by atoms with van der Waals surface area (Å²) in [4.78, 5) is 44.7. The molecule has 2 aliphatic carbocycles. The molecule has 5 nitrogen and oxygen atoms in total. The summed E-state index contributed by atoms with van der Waals surface area (Å²) in [5.74, 6) is -0.937. The lowest BCUT2D eigenvalue weighted by Gasteiger charge is -2.38. The number of nitrogens with zero attached hydrogens (tertiary/aromatic N) is 1. The smallest absolute Gasteiger partial charge is 0.343 e. The second kappa shape index (κ2) is 8.48. The van der Waals surface area contributed by atoms with Crippen LogP contribution in [0.4, 0.5) is 0 Å². The van der Waals surface area contributed by atoms with Crippen molar-refractivity contribution in [2.75, 3.05) is 0 Å². The third-order valence-corrected chi connectivity index (χ3v) is 7.58. The molecule has 0 aromatic heterocycles. The number of hydrogen-bond donors (Lipinski definition) is 0. The fourth-order valence-electron chi connectivity index (χ4n) is 5.84. The molecule has 0 saturated heterocycles. The van der Waals surface area contributed by atoms with Crippen LogP contribution in [0.3, 0.4) is 0 Å². The fourth-order valence-corrected chi connectivity index (χ4v) is 5.84. The van der Waals surface area contributed by atoms with E-state index in [0.29, 0.717) is 35.3 Å². The van der Waals surface area contributed by atoms with Crippen molar-refractivity contribution >= 4 is 23.2 Å². The molecule has 3 aromatic rings. The van der Waals surface area contributed by atoms with E-state index in [1.807, 2.05) is 55.5 Å². The van der Waals surface area contributed by atoms with E-state index in [1.54, 1.807) is 24.3 Å². The SMILES string of the molecule is Cc1ccc(C(=O)Oc2ccc([C@H]3C4=C(CC(C)(C)CC4=O)N=C4c5ccccc5C(=O)[C@@H]43)cc2)cc1. The predicted molar refractivity (Wildman–Crippen MR) is 141 cm³/mol. The summed E-state index contributed by atoms with van der Waals surface area (Å²) in [6.45, 7) is 6.13. The van der Waals surface area contributed by atoms with Gasteiger partial charge in [-0.2, -0.15) is 0 Å². The van der Waals surface area contributed by atoms with E-state index in [-0.39, 0.29) is 17.0 Å². The summed E-state index contributed by atoms with van der Waals surface area (Å²) in [6, 6.07) is 22.0. The van der Waals surface area contributed by atoms with Gasteiger partial charge in [0.1, 0.15) is 5.75 Å². The predicted octanol–water partition coefficient (Wildman–Crippen LogP) is 6.26. The molecule has 5 heteroatoms. The molecule has 0 saturated carbocycles. The van der Waals surface area contributed by atoms with Gasteiger partial charge in [-0.1, -0.05) is 67.9 Å². The van der Waals surface area contributed by atoms with Crippen LogP contribution in [0.5, 0.6) is 5.75 Å². The summed E-state index contributed by atoms with van der Waals surface area (Å²) >= 11 is 0. The van der Waals surface area contributed by atoms with Gasteiger partial charge < -0.3 is 4.74 Å². The first-order valence-electron chi connectivity index (χ1n) is 12.6. The van der Waals surface area contributed by atoms with Gasteiger partial charge in [0.05, 0.1) is 17.2 Å². The number of aryl methyl sites for hydroxylation is 1. The Labute approximate surface area is 215 Å². The molecule has 0 spiro atoms. The molecule has 0 fully saturated rings. The number of ether oxygens (including phenoxy) is 1.